The molecule has 3 unspecified atom stereocenters. The Morgan fingerprint density at radius 2 is 1.55 bits per heavy atom. The molecule has 172 valence electrons. The zero-order valence-corrected chi connectivity index (χ0v) is 18.7. The van der Waals surface area contributed by atoms with Crippen molar-refractivity contribution in [1.29, 1.82) is 0 Å². The Morgan fingerprint density at radius 3 is 2.15 bits per heavy atom. The second-order valence-electron chi connectivity index (χ2n) is 8.45. The number of hydrogen-bond donors (Lipinski definition) is 3. The average Bonchev–Trinajstić information content (AvgIpc) is 3.21. The fourth-order valence-corrected chi connectivity index (χ4v) is 5.55. The van der Waals surface area contributed by atoms with E-state index < -0.39 is 29.3 Å². The summed E-state index contributed by atoms with van der Waals surface area (Å²) in [5.74, 6) is 1.32. The number of hydrogen-bond acceptors (Lipinski definition) is 7. The van der Waals surface area contributed by atoms with Gasteiger partial charge in [0.1, 0.15) is 29.1 Å². The van der Waals surface area contributed by atoms with Gasteiger partial charge in [0.05, 0.1) is 26.9 Å². The molecular weight excluding hydrogens is 422 g/mol. The number of fused-ring (bicyclic) bond motifs is 3. The SMILES string of the molecule is COc1ccc(C23Oc4cc(OC)cc(OC)c4C2(O)[C@H](O)[C@H](N)C3c2ccccc2)cc1. The molecule has 3 aromatic carbocycles. The van der Waals surface area contributed by atoms with Gasteiger partial charge in [0.25, 0.3) is 0 Å². The third kappa shape index (κ3) is 2.73. The Balaban J connectivity index is 1.84. The van der Waals surface area contributed by atoms with E-state index in [1.165, 1.54) is 7.11 Å². The van der Waals surface area contributed by atoms with Gasteiger partial charge >= 0.3 is 0 Å². The van der Waals surface area contributed by atoms with Crippen LogP contribution in [0.15, 0.2) is 66.7 Å². The van der Waals surface area contributed by atoms with Crippen LogP contribution in [0.5, 0.6) is 23.0 Å². The molecule has 1 saturated carbocycles. The molecule has 5 atom stereocenters. The molecule has 0 saturated heterocycles. The fourth-order valence-electron chi connectivity index (χ4n) is 5.55. The zero-order chi connectivity index (χ0) is 23.4. The Kier molecular flexibility index (Phi) is 5.01. The van der Waals surface area contributed by atoms with Crippen molar-refractivity contribution in [3.05, 3.63) is 83.4 Å². The van der Waals surface area contributed by atoms with Gasteiger partial charge in [0.2, 0.25) is 0 Å². The van der Waals surface area contributed by atoms with Gasteiger partial charge in [-0.05, 0) is 23.3 Å². The molecule has 0 aromatic heterocycles. The van der Waals surface area contributed by atoms with Crippen LogP contribution in [0.2, 0.25) is 0 Å². The van der Waals surface area contributed by atoms with E-state index in [1.807, 2.05) is 42.5 Å². The van der Waals surface area contributed by atoms with Crippen molar-refractivity contribution in [2.24, 2.45) is 5.73 Å². The van der Waals surface area contributed by atoms with Gasteiger partial charge < -0.3 is 34.9 Å². The maximum absolute atomic E-state index is 12.5. The normalized spacial score (nSPS) is 29.7. The summed E-state index contributed by atoms with van der Waals surface area (Å²) < 4.78 is 23.1. The first-order valence-electron chi connectivity index (χ1n) is 10.7. The Morgan fingerprint density at radius 1 is 0.879 bits per heavy atom. The van der Waals surface area contributed by atoms with E-state index in [1.54, 1.807) is 38.5 Å². The summed E-state index contributed by atoms with van der Waals surface area (Å²) in [7, 11) is 4.63. The van der Waals surface area contributed by atoms with Crippen LogP contribution in [0.25, 0.3) is 0 Å². The minimum absolute atomic E-state index is 0.349. The lowest BCUT2D eigenvalue weighted by Gasteiger charge is -2.40. The second-order valence-corrected chi connectivity index (χ2v) is 8.45. The van der Waals surface area contributed by atoms with Crippen LogP contribution >= 0.6 is 0 Å². The maximum Gasteiger partial charge on any atom is 0.178 e. The lowest BCUT2D eigenvalue weighted by atomic mass is 9.71. The fraction of sp³-hybridized carbons (Fsp3) is 0.308. The first kappa shape index (κ1) is 21.6. The van der Waals surface area contributed by atoms with Crippen LogP contribution in [-0.2, 0) is 11.2 Å². The van der Waals surface area contributed by atoms with Crippen LogP contribution < -0.4 is 24.7 Å². The van der Waals surface area contributed by atoms with Crippen molar-refractivity contribution < 1.29 is 29.2 Å². The van der Waals surface area contributed by atoms with Gasteiger partial charge in [0, 0.05) is 24.1 Å². The summed E-state index contributed by atoms with van der Waals surface area (Å²) in [6.07, 6.45) is -1.34. The lowest BCUT2D eigenvalue weighted by Crippen LogP contribution is -2.52. The van der Waals surface area contributed by atoms with Crippen molar-refractivity contribution in [1.82, 2.24) is 0 Å². The monoisotopic (exact) mass is 449 g/mol. The molecule has 1 aliphatic carbocycles. The third-order valence-electron chi connectivity index (χ3n) is 7.01. The molecule has 1 aliphatic heterocycles. The van der Waals surface area contributed by atoms with Gasteiger partial charge in [-0.15, -0.1) is 0 Å². The van der Waals surface area contributed by atoms with E-state index in [-0.39, 0.29) is 0 Å². The van der Waals surface area contributed by atoms with E-state index in [4.69, 9.17) is 24.7 Å². The molecule has 5 rings (SSSR count). The Hall–Kier alpha value is -3.26. The first-order valence-corrected chi connectivity index (χ1v) is 10.7. The second kappa shape index (κ2) is 7.66. The average molecular weight is 450 g/mol. The van der Waals surface area contributed by atoms with Crippen LogP contribution in [0.3, 0.4) is 0 Å². The number of rotatable bonds is 5. The summed E-state index contributed by atoms with van der Waals surface area (Å²) in [5, 5.41) is 24.0. The lowest BCUT2D eigenvalue weighted by molar-refractivity contribution is -0.150. The summed E-state index contributed by atoms with van der Waals surface area (Å²) in [6, 6.07) is 19.4. The predicted octanol–water partition coefficient (Wildman–Crippen LogP) is 2.67. The van der Waals surface area contributed by atoms with E-state index in [0.29, 0.717) is 34.1 Å². The highest BCUT2D eigenvalue weighted by atomic mass is 16.5. The highest BCUT2D eigenvalue weighted by molar-refractivity contribution is 5.63. The molecular formula is C26H27NO6. The molecule has 1 fully saturated rings. The van der Waals surface area contributed by atoms with Crippen molar-refractivity contribution in [2.75, 3.05) is 21.3 Å². The summed E-state index contributed by atoms with van der Waals surface area (Å²) >= 11 is 0. The van der Waals surface area contributed by atoms with E-state index >= 15 is 0 Å². The zero-order valence-electron chi connectivity index (χ0n) is 18.7. The molecule has 1 heterocycles. The number of ether oxygens (including phenoxy) is 4. The van der Waals surface area contributed by atoms with Crippen molar-refractivity contribution >= 4 is 0 Å². The number of aliphatic hydroxyl groups is 2. The Labute approximate surface area is 192 Å². The molecule has 0 amide bonds. The predicted molar refractivity (Wildman–Crippen MR) is 122 cm³/mol. The van der Waals surface area contributed by atoms with Gasteiger partial charge in [-0.3, -0.25) is 0 Å². The van der Waals surface area contributed by atoms with E-state index in [9.17, 15) is 10.2 Å². The molecule has 33 heavy (non-hydrogen) atoms. The number of benzene rings is 3. The first-order chi connectivity index (χ1) is 15.9. The highest BCUT2D eigenvalue weighted by Gasteiger charge is 2.76. The molecule has 0 bridgehead atoms. The van der Waals surface area contributed by atoms with Gasteiger partial charge in [-0.25, -0.2) is 0 Å². The number of methoxy groups -OCH3 is 3. The minimum atomic E-state index is -1.89. The van der Waals surface area contributed by atoms with Crippen molar-refractivity contribution in [3.8, 4) is 23.0 Å². The van der Waals surface area contributed by atoms with E-state index in [0.717, 1.165) is 5.56 Å². The van der Waals surface area contributed by atoms with Crippen molar-refractivity contribution in [3.63, 3.8) is 0 Å². The molecule has 7 nitrogen and oxygen atoms in total. The smallest absolute Gasteiger partial charge is 0.178 e. The van der Waals surface area contributed by atoms with Gasteiger partial charge in [0.15, 0.2) is 11.2 Å². The van der Waals surface area contributed by atoms with Crippen LogP contribution in [0.4, 0.5) is 0 Å². The number of aliphatic hydroxyl groups excluding tert-OH is 1. The third-order valence-corrected chi connectivity index (χ3v) is 7.01. The minimum Gasteiger partial charge on any atom is -0.497 e. The standard InChI is InChI=1S/C26H27NO6/c1-30-17-11-9-16(10-12-17)26-21(15-7-5-4-6-8-15)23(27)24(28)25(26,29)22-19(32-3)13-18(31-2)14-20(22)33-26/h4-14,21,23-24,28-29H,27H2,1-3H3/t21?,23-,24-,25?,26?/m1/s1. The molecule has 2 aliphatic rings. The van der Waals surface area contributed by atoms with Crippen LogP contribution in [0.1, 0.15) is 22.6 Å². The molecule has 0 radical (unpaired) electrons. The molecule has 3 aromatic rings. The maximum atomic E-state index is 12.5. The van der Waals surface area contributed by atoms with E-state index in [2.05, 4.69) is 0 Å². The topological polar surface area (TPSA) is 103 Å². The van der Waals surface area contributed by atoms with Crippen LogP contribution in [-0.4, -0.2) is 43.7 Å². The summed E-state index contributed by atoms with van der Waals surface area (Å²) in [4.78, 5) is 0. The van der Waals surface area contributed by atoms with Gasteiger partial charge in [-0.1, -0.05) is 42.5 Å². The Bertz CT molecular complexity index is 1170. The molecule has 7 heteroatoms. The number of nitrogens with two attached hydrogens (primary N) is 1. The van der Waals surface area contributed by atoms with Crippen molar-refractivity contribution in [2.45, 2.75) is 29.3 Å². The highest BCUT2D eigenvalue weighted by Crippen LogP contribution is 2.68. The molecule has 4 N–H and O–H groups in total. The largest absolute Gasteiger partial charge is 0.497 e. The van der Waals surface area contributed by atoms with Gasteiger partial charge in [-0.2, -0.15) is 0 Å². The quantitative estimate of drug-likeness (QED) is 0.550. The summed E-state index contributed by atoms with van der Waals surface area (Å²) in [5.41, 5.74) is 5.16. The summed E-state index contributed by atoms with van der Waals surface area (Å²) in [6.45, 7) is 0. The molecule has 0 spiro atoms. The van der Waals surface area contributed by atoms with Crippen LogP contribution in [0, 0.1) is 0 Å².